The number of aliphatic hydroxyl groups excluding tert-OH is 1. The van der Waals surface area contributed by atoms with E-state index >= 15 is 0 Å². The summed E-state index contributed by atoms with van der Waals surface area (Å²) in [6.45, 7) is 1.92. The first-order valence-electron chi connectivity index (χ1n) is 4.55. The summed E-state index contributed by atoms with van der Waals surface area (Å²) in [6.07, 6.45) is -0.985. The molecule has 0 bridgehead atoms. The number of benzene rings is 1. The van der Waals surface area contributed by atoms with Crippen molar-refractivity contribution in [2.45, 2.75) is 19.4 Å². The van der Waals surface area contributed by atoms with Crippen molar-refractivity contribution in [3.63, 3.8) is 0 Å². The van der Waals surface area contributed by atoms with Gasteiger partial charge in [0, 0.05) is 11.4 Å². The molecule has 1 aromatic carbocycles. The van der Waals surface area contributed by atoms with Gasteiger partial charge in [-0.05, 0) is 24.1 Å². The Balaban J connectivity index is 2.76. The number of carbonyl (C=O) groups is 1. The van der Waals surface area contributed by atoms with Crippen LogP contribution < -0.4 is 0 Å². The Labute approximate surface area is 93.6 Å². The minimum atomic E-state index is -1.16. The zero-order valence-electron chi connectivity index (χ0n) is 8.66. The average Bonchev–Trinajstić information content (AvgIpc) is 2.20. The molecule has 0 aliphatic rings. The highest BCUT2D eigenvalue weighted by Crippen LogP contribution is 2.19. The Morgan fingerprint density at radius 1 is 1.60 bits per heavy atom. The molecule has 0 spiro atoms. The van der Waals surface area contributed by atoms with Gasteiger partial charge in [0.1, 0.15) is 0 Å². The molecule has 1 unspecified atom stereocenters. The molecule has 1 rings (SSSR count). The molecule has 0 heterocycles. The van der Waals surface area contributed by atoms with E-state index in [0.29, 0.717) is 5.02 Å². The van der Waals surface area contributed by atoms with Gasteiger partial charge in [-0.2, -0.15) is 0 Å². The van der Waals surface area contributed by atoms with Gasteiger partial charge in [0.05, 0.1) is 7.11 Å². The zero-order valence-corrected chi connectivity index (χ0v) is 9.41. The normalized spacial score (nSPS) is 12.3. The second-order valence-electron chi connectivity index (χ2n) is 3.34. The number of ether oxygens (including phenoxy) is 1. The number of esters is 1. The third-order valence-electron chi connectivity index (χ3n) is 2.10. The fourth-order valence-electron chi connectivity index (χ4n) is 1.25. The van der Waals surface area contributed by atoms with Gasteiger partial charge in [0.15, 0.2) is 6.10 Å². The molecular formula is C11H13ClO3. The molecule has 0 aromatic heterocycles. The Morgan fingerprint density at radius 2 is 2.27 bits per heavy atom. The Morgan fingerprint density at radius 3 is 2.80 bits per heavy atom. The topological polar surface area (TPSA) is 46.5 Å². The van der Waals surface area contributed by atoms with Crippen LogP contribution in [0.1, 0.15) is 11.1 Å². The Bertz CT molecular complexity index is 363. The SMILES string of the molecule is COC(=O)C(O)Cc1ccc(C)cc1Cl. The summed E-state index contributed by atoms with van der Waals surface area (Å²) in [6, 6.07) is 5.47. The first-order chi connectivity index (χ1) is 7.04. The second kappa shape index (κ2) is 5.14. The highest BCUT2D eigenvalue weighted by atomic mass is 35.5. The van der Waals surface area contributed by atoms with Crippen molar-refractivity contribution in [2.75, 3.05) is 7.11 Å². The van der Waals surface area contributed by atoms with Crippen molar-refractivity contribution in [1.82, 2.24) is 0 Å². The van der Waals surface area contributed by atoms with E-state index in [4.69, 9.17) is 11.6 Å². The summed E-state index contributed by atoms with van der Waals surface area (Å²) >= 11 is 5.96. The molecule has 0 radical (unpaired) electrons. The molecule has 0 amide bonds. The molecule has 0 aliphatic heterocycles. The van der Waals surface area contributed by atoms with Crippen LogP contribution in [0.5, 0.6) is 0 Å². The lowest BCUT2D eigenvalue weighted by atomic mass is 10.1. The third-order valence-corrected chi connectivity index (χ3v) is 2.45. The first kappa shape index (κ1) is 12.0. The third kappa shape index (κ3) is 3.22. The number of aryl methyl sites for hydroxylation is 1. The number of rotatable bonds is 3. The average molecular weight is 229 g/mol. The number of halogens is 1. The fraction of sp³-hybridized carbons (Fsp3) is 0.364. The van der Waals surface area contributed by atoms with E-state index in [-0.39, 0.29) is 6.42 Å². The van der Waals surface area contributed by atoms with Crippen LogP contribution in [0.3, 0.4) is 0 Å². The smallest absolute Gasteiger partial charge is 0.335 e. The molecule has 0 saturated heterocycles. The standard InChI is InChI=1S/C11H13ClO3/c1-7-3-4-8(9(12)5-7)6-10(13)11(14)15-2/h3-5,10,13H,6H2,1-2H3. The lowest BCUT2D eigenvalue weighted by Crippen LogP contribution is -2.24. The predicted octanol–water partition coefficient (Wildman–Crippen LogP) is 1.72. The molecule has 1 N–H and O–H groups in total. The van der Waals surface area contributed by atoms with Gasteiger partial charge >= 0.3 is 5.97 Å². The van der Waals surface area contributed by atoms with Gasteiger partial charge in [-0.15, -0.1) is 0 Å². The second-order valence-corrected chi connectivity index (χ2v) is 3.75. The first-order valence-corrected chi connectivity index (χ1v) is 4.93. The van der Waals surface area contributed by atoms with Gasteiger partial charge in [0.25, 0.3) is 0 Å². The van der Waals surface area contributed by atoms with Crippen LogP contribution in [-0.4, -0.2) is 24.3 Å². The van der Waals surface area contributed by atoms with E-state index < -0.39 is 12.1 Å². The van der Waals surface area contributed by atoms with E-state index in [2.05, 4.69) is 4.74 Å². The highest BCUT2D eigenvalue weighted by molar-refractivity contribution is 6.31. The number of hydrogen-bond acceptors (Lipinski definition) is 3. The van der Waals surface area contributed by atoms with Gasteiger partial charge in [-0.25, -0.2) is 4.79 Å². The summed E-state index contributed by atoms with van der Waals surface area (Å²) in [5, 5.41) is 9.99. The molecule has 4 heteroatoms. The highest BCUT2D eigenvalue weighted by Gasteiger charge is 2.17. The van der Waals surface area contributed by atoms with Crippen LogP contribution >= 0.6 is 11.6 Å². The van der Waals surface area contributed by atoms with Gasteiger partial charge in [0.2, 0.25) is 0 Å². The minimum absolute atomic E-state index is 0.172. The molecule has 0 fully saturated rings. The molecular weight excluding hydrogens is 216 g/mol. The molecule has 1 atom stereocenters. The van der Waals surface area contributed by atoms with Crippen molar-refractivity contribution < 1.29 is 14.6 Å². The van der Waals surface area contributed by atoms with Crippen LogP contribution in [0.2, 0.25) is 5.02 Å². The van der Waals surface area contributed by atoms with Crippen molar-refractivity contribution in [1.29, 1.82) is 0 Å². The van der Waals surface area contributed by atoms with E-state index in [1.54, 1.807) is 12.1 Å². The van der Waals surface area contributed by atoms with E-state index in [9.17, 15) is 9.90 Å². The quantitative estimate of drug-likeness (QED) is 0.802. The zero-order chi connectivity index (χ0) is 11.4. The minimum Gasteiger partial charge on any atom is -0.467 e. The number of aliphatic hydroxyl groups is 1. The lowest BCUT2D eigenvalue weighted by molar-refractivity contribution is -0.150. The van der Waals surface area contributed by atoms with Crippen LogP contribution in [0.25, 0.3) is 0 Å². The number of carbonyl (C=O) groups excluding carboxylic acids is 1. The van der Waals surface area contributed by atoms with Crippen molar-refractivity contribution in [3.8, 4) is 0 Å². The fourth-order valence-corrected chi connectivity index (χ4v) is 1.56. The molecule has 82 valence electrons. The maximum Gasteiger partial charge on any atom is 0.335 e. The van der Waals surface area contributed by atoms with Crippen molar-refractivity contribution in [2.24, 2.45) is 0 Å². The van der Waals surface area contributed by atoms with E-state index in [0.717, 1.165) is 11.1 Å². The molecule has 1 aromatic rings. The summed E-state index contributed by atoms with van der Waals surface area (Å²) in [5.74, 6) is -0.647. The molecule has 0 saturated carbocycles. The Hall–Kier alpha value is -1.06. The lowest BCUT2D eigenvalue weighted by Gasteiger charge is -2.09. The largest absolute Gasteiger partial charge is 0.467 e. The summed E-state index contributed by atoms with van der Waals surface area (Å²) < 4.78 is 4.42. The van der Waals surface area contributed by atoms with Crippen LogP contribution in [0, 0.1) is 6.92 Å². The molecule has 3 nitrogen and oxygen atoms in total. The number of methoxy groups -OCH3 is 1. The summed E-state index contributed by atoms with van der Waals surface area (Å²) in [5.41, 5.74) is 1.77. The Kier molecular flexibility index (Phi) is 4.12. The maximum absolute atomic E-state index is 11.0. The van der Waals surface area contributed by atoms with Crippen LogP contribution in [0.4, 0.5) is 0 Å². The number of hydrogen-bond donors (Lipinski definition) is 1. The summed E-state index contributed by atoms with van der Waals surface area (Å²) in [7, 11) is 1.24. The molecule has 0 aliphatic carbocycles. The van der Waals surface area contributed by atoms with Gasteiger partial charge in [-0.1, -0.05) is 23.7 Å². The van der Waals surface area contributed by atoms with E-state index in [1.165, 1.54) is 7.11 Å². The summed E-state index contributed by atoms with van der Waals surface area (Å²) in [4.78, 5) is 11.0. The van der Waals surface area contributed by atoms with Gasteiger partial charge < -0.3 is 9.84 Å². The van der Waals surface area contributed by atoms with Crippen molar-refractivity contribution >= 4 is 17.6 Å². The van der Waals surface area contributed by atoms with Crippen LogP contribution in [-0.2, 0) is 16.0 Å². The van der Waals surface area contributed by atoms with Crippen LogP contribution in [0.15, 0.2) is 18.2 Å². The van der Waals surface area contributed by atoms with Crippen molar-refractivity contribution in [3.05, 3.63) is 34.3 Å². The molecule has 15 heavy (non-hydrogen) atoms. The monoisotopic (exact) mass is 228 g/mol. The van der Waals surface area contributed by atoms with E-state index in [1.807, 2.05) is 13.0 Å². The predicted molar refractivity (Wildman–Crippen MR) is 57.9 cm³/mol. The maximum atomic E-state index is 11.0. The van der Waals surface area contributed by atoms with Gasteiger partial charge in [-0.3, -0.25) is 0 Å².